The zero-order valence-corrected chi connectivity index (χ0v) is 37.0. The maximum Gasteiger partial charge on any atom is 0.0650 e. The van der Waals surface area contributed by atoms with E-state index >= 15 is 0 Å². The van der Waals surface area contributed by atoms with E-state index in [0.717, 1.165) is 34.1 Å². The second kappa shape index (κ2) is 20.0. The van der Waals surface area contributed by atoms with E-state index in [1.54, 1.807) is 0 Å². The van der Waals surface area contributed by atoms with Gasteiger partial charge in [0, 0.05) is 48.3 Å². The fourth-order valence-corrected chi connectivity index (χ4v) is 8.90. The van der Waals surface area contributed by atoms with Gasteiger partial charge in [-0.2, -0.15) is 0 Å². The Morgan fingerprint density at radius 2 is 0.561 bits per heavy atom. The topological polar surface area (TPSA) is 30.5 Å². The second-order valence-corrected chi connectivity index (χ2v) is 16.7. The molecule has 10 aromatic rings. The van der Waals surface area contributed by atoms with Crippen molar-refractivity contribution in [1.29, 1.82) is 0 Å². The molecule has 0 aliphatic carbocycles. The summed E-state index contributed by atoms with van der Waals surface area (Å²) in [5.41, 5.74) is 16.2. The maximum absolute atomic E-state index is 3.89. The van der Waals surface area contributed by atoms with E-state index in [4.69, 9.17) is 0 Å². The van der Waals surface area contributed by atoms with Crippen LogP contribution in [0.1, 0.15) is 22.3 Å². The highest BCUT2D eigenvalue weighted by Crippen LogP contribution is 2.45. The molecule has 0 spiro atoms. The van der Waals surface area contributed by atoms with Crippen molar-refractivity contribution in [2.24, 2.45) is 0 Å². The summed E-state index contributed by atoms with van der Waals surface area (Å²) >= 11 is 0. The van der Waals surface area contributed by atoms with Gasteiger partial charge in [0.1, 0.15) is 0 Å². The van der Waals surface area contributed by atoms with Crippen molar-refractivity contribution >= 4 is 44.9 Å². The Labute approximate surface area is 389 Å². The van der Waals surface area contributed by atoms with Gasteiger partial charge in [0.15, 0.2) is 0 Å². The van der Waals surface area contributed by atoms with Gasteiger partial charge in [-0.1, -0.05) is 218 Å². The minimum atomic E-state index is 0.678. The molecule has 0 atom stereocenters. The van der Waals surface area contributed by atoms with Crippen LogP contribution in [-0.2, 0) is 26.2 Å². The fourth-order valence-electron chi connectivity index (χ4n) is 8.90. The van der Waals surface area contributed by atoms with E-state index in [9.17, 15) is 0 Å². The standard InChI is InChI=1S/C62H52N4/c1-7-21-47(22-8-1)43-63-57-41-53(51-29-15-5-16-30-51)35-37-61(57)65(45-49-25-11-3-12-26-49)59-39-40-60(56-34-20-19-33-55(56)59)66(46-50-27-13-4-14-28-50)62-38-36-54(52-31-17-6-18-32-52)42-58(62)64-44-48-23-9-2-10-24-48/h1-42,63-64H,43-46H2. The average Bonchev–Trinajstić information content (AvgIpc) is 3.40. The van der Waals surface area contributed by atoms with Gasteiger partial charge in [-0.3, -0.25) is 0 Å². The van der Waals surface area contributed by atoms with Crippen LogP contribution in [0.2, 0.25) is 0 Å². The van der Waals surface area contributed by atoms with Crippen LogP contribution in [0.5, 0.6) is 0 Å². The maximum atomic E-state index is 3.89. The Kier molecular flexibility index (Phi) is 12.6. The normalized spacial score (nSPS) is 11.0. The summed E-state index contributed by atoms with van der Waals surface area (Å²) in [7, 11) is 0. The summed E-state index contributed by atoms with van der Waals surface area (Å²) in [5.74, 6) is 0. The molecule has 10 aromatic carbocycles. The van der Waals surface area contributed by atoms with Crippen LogP contribution in [0.3, 0.4) is 0 Å². The number of nitrogens with one attached hydrogen (secondary N) is 2. The number of nitrogens with zero attached hydrogens (tertiary/aromatic N) is 2. The predicted octanol–water partition coefficient (Wildman–Crippen LogP) is 16.1. The number of hydrogen-bond donors (Lipinski definition) is 2. The lowest BCUT2D eigenvalue weighted by Gasteiger charge is -2.32. The largest absolute Gasteiger partial charge is 0.379 e. The van der Waals surface area contributed by atoms with E-state index in [1.165, 1.54) is 55.3 Å². The lowest BCUT2D eigenvalue weighted by atomic mass is 10.00. The molecule has 0 aliphatic heterocycles. The molecule has 4 nitrogen and oxygen atoms in total. The first-order chi connectivity index (χ1) is 32.7. The lowest BCUT2D eigenvalue weighted by Crippen LogP contribution is -2.21. The predicted molar refractivity (Wildman–Crippen MR) is 280 cm³/mol. The minimum Gasteiger partial charge on any atom is -0.379 e. The summed E-state index contributed by atoms with van der Waals surface area (Å²) in [6, 6.07) is 91.6. The molecule has 0 saturated carbocycles. The van der Waals surface area contributed by atoms with Crippen molar-refractivity contribution in [2.45, 2.75) is 26.2 Å². The summed E-state index contributed by atoms with van der Waals surface area (Å²) in [6.07, 6.45) is 0. The summed E-state index contributed by atoms with van der Waals surface area (Å²) < 4.78 is 0. The molecule has 4 heteroatoms. The Morgan fingerprint density at radius 1 is 0.258 bits per heavy atom. The molecule has 0 radical (unpaired) electrons. The first-order valence-corrected chi connectivity index (χ1v) is 22.8. The van der Waals surface area contributed by atoms with Gasteiger partial charge in [0.2, 0.25) is 0 Å². The van der Waals surface area contributed by atoms with Gasteiger partial charge in [0.05, 0.1) is 22.7 Å². The molecule has 0 unspecified atom stereocenters. The van der Waals surface area contributed by atoms with Gasteiger partial charge < -0.3 is 20.4 Å². The van der Waals surface area contributed by atoms with Crippen molar-refractivity contribution in [3.8, 4) is 22.3 Å². The van der Waals surface area contributed by atoms with Crippen LogP contribution in [0.15, 0.2) is 255 Å². The highest BCUT2D eigenvalue weighted by molar-refractivity contribution is 6.06. The third-order valence-electron chi connectivity index (χ3n) is 12.3. The average molecular weight is 853 g/mol. The zero-order valence-electron chi connectivity index (χ0n) is 37.0. The molecule has 0 aliphatic rings. The van der Waals surface area contributed by atoms with Crippen molar-refractivity contribution in [3.05, 3.63) is 277 Å². The Morgan fingerprint density at radius 3 is 0.924 bits per heavy atom. The first kappa shape index (κ1) is 41.7. The Bertz CT molecular complexity index is 2910. The molecule has 2 N–H and O–H groups in total. The van der Waals surface area contributed by atoms with Crippen molar-refractivity contribution in [2.75, 3.05) is 20.4 Å². The SMILES string of the molecule is c1ccc(CNc2cc(-c3ccccc3)ccc2N(Cc2ccccc2)c2ccc(N(Cc3ccccc3)c3ccc(-c4ccccc4)cc3NCc3ccccc3)c3ccccc23)cc1. The van der Waals surface area contributed by atoms with E-state index in [0.29, 0.717) is 26.2 Å². The van der Waals surface area contributed by atoms with Gasteiger partial charge in [-0.15, -0.1) is 0 Å². The molecule has 0 amide bonds. The van der Waals surface area contributed by atoms with Crippen LogP contribution in [0.25, 0.3) is 33.0 Å². The molecule has 0 saturated heterocycles. The molecule has 10 rings (SSSR count). The molecule has 0 heterocycles. The highest BCUT2D eigenvalue weighted by atomic mass is 15.2. The van der Waals surface area contributed by atoms with Gasteiger partial charge in [0.25, 0.3) is 0 Å². The van der Waals surface area contributed by atoms with Crippen LogP contribution in [0.4, 0.5) is 34.1 Å². The van der Waals surface area contributed by atoms with Gasteiger partial charge >= 0.3 is 0 Å². The summed E-state index contributed by atoms with van der Waals surface area (Å²) in [5, 5.41) is 10.1. The number of fused-ring (bicyclic) bond motifs is 1. The smallest absolute Gasteiger partial charge is 0.0650 e. The van der Waals surface area contributed by atoms with Crippen LogP contribution in [0, 0.1) is 0 Å². The molecule has 320 valence electrons. The highest BCUT2D eigenvalue weighted by Gasteiger charge is 2.23. The quantitative estimate of drug-likeness (QED) is 0.101. The number of benzene rings is 10. The Hall–Kier alpha value is -8.34. The number of hydrogen-bond acceptors (Lipinski definition) is 4. The van der Waals surface area contributed by atoms with Crippen molar-refractivity contribution < 1.29 is 0 Å². The number of rotatable bonds is 16. The summed E-state index contributed by atoms with van der Waals surface area (Å²) in [6.45, 7) is 2.75. The van der Waals surface area contributed by atoms with E-state index in [2.05, 4.69) is 275 Å². The molecular weight excluding hydrogens is 801 g/mol. The van der Waals surface area contributed by atoms with Crippen LogP contribution >= 0.6 is 0 Å². The monoisotopic (exact) mass is 852 g/mol. The van der Waals surface area contributed by atoms with E-state index in [1.807, 2.05) is 0 Å². The molecule has 0 bridgehead atoms. The molecule has 0 fully saturated rings. The van der Waals surface area contributed by atoms with Crippen LogP contribution in [-0.4, -0.2) is 0 Å². The fraction of sp³-hybridized carbons (Fsp3) is 0.0645. The number of anilines is 6. The van der Waals surface area contributed by atoms with Crippen molar-refractivity contribution in [3.63, 3.8) is 0 Å². The van der Waals surface area contributed by atoms with Gasteiger partial charge in [-0.25, -0.2) is 0 Å². The lowest BCUT2D eigenvalue weighted by molar-refractivity contribution is 0.969. The van der Waals surface area contributed by atoms with Crippen LogP contribution < -0.4 is 20.4 Å². The van der Waals surface area contributed by atoms with Crippen molar-refractivity contribution in [1.82, 2.24) is 0 Å². The van der Waals surface area contributed by atoms with E-state index < -0.39 is 0 Å². The third-order valence-corrected chi connectivity index (χ3v) is 12.3. The summed E-state index contributed by atoms with van der Waals surface area (Å²) in [4.78, 5) is 4.99. The zero-order chi connectivity index (χ0) is 44.3. The molecule has 0 aromatic heterocycles. The third kappa shape index (κ3) is 9.59. The Balaban J connectivity index is 1.13. The minimum absolute atomic E-state index is 0.678. The first-order valence-electron chi connectivity index (χ1n) is 22.8. The second-order valence-electron chi connectivity index (χ2n) is 16.7. The van der Waals surface area contributed by atoms with E-state index in [-0.39, 0.29) is 0 Å². The molecular formula is C62H52N4. The molecule has 66 heavy (non-hydrogen) atoms. The van der Waals surface area contributed by atoms with Gasteiger partial charge in [-0.05, 0) is 80.9 Å².